The summed E-state index contributed by atoms with van der Waals surface area (Å²) in [6.07, 6.45) is 6.42. The van der Waals surface area contributed by atoms with Crippen LogP contribution in [0.5, 0.6) is 0 Å². The number of unbranched alkanes of at least 4 members (excludes halogenated alkanes) is 4. The largest absolute Gasteiger partial charge is 0.444 e. The monoisotopic (exact) mass is 593 g/mol. The average Bonchev–Trinajstić information content (AvgIpc) is 2.93. The molecule has 3 atom stereocenters. The Morgan fingerprint density at radius 2 is 1.53 bits per heavy atom. The minimum Gasteiger partial charge on any atom is -0.444 e. The number of nitrogens with zero attached hydrogens (tertiary/aromatic N) is 1. The number of amides is 3. The maximum atomic E-state index is 14.6. The summed E-state index contributed by atoms with van der Waals surface area (Å²) in [5.41, 5.74) is 3.12. The summed E-state index contributed by atoms with van der Waals surface area (Å²) in [5.74, 6) is -0.506. The first-order valence-electron chi connectivity index (χ1n) is 16.1. The van der Waals surface area contributed by atoms with E-state index in [4.69, 9.17) is 4.74 Å². The van der Waals surface area contributed by atoms with Crippen LogP contribution in [0.3, 0.4) is 0 Å². The fraction of sp³-hybridized carbons (Fsp3) is 0.583. The molecule has 7 nitrogen and oxygen atoms in total. The summed E-state index contributed by atoms with van der Waals surface area (Å²) >= 11 is 0. The Bertz CT molecular complexity index is 1160. The van der Waals surface area contributed by atoms with Crippen molar-refractivity contribution in [3.8, 4) is 0 Å². The standard InChI is InChI=1S/C36H55N3O4/c1-9-11-12-13-17-23-39(32(33(40)37-28(5)18-10-2)30-22-21-26(3)27(4)24-30)34(41)31(25-29-19-15-14-16-20-29)38-35(42)43-36(6,7)8/h14-16,19-22,24,28,31-32H,9-13,17-18,23,25H2,1-8H3,(H,37,40)(H,38,42). The van der Waals surface area contributed by atoms with Gasteiger partial charge in [0.15, 0.2) is 0 Å². The molecule has 0 aliphatic rings. The van der Waals surface area contributed by atoms with Crippen molar-refractivity contribution in [3.63, 3.8) is 0 Å². The van der Waals surface area contributed by atoms with Crippen molar-refractivity contribution in [1.82, 2.24) is 15.5 Å². The van der Waals surface area contributed by atoms with Crippen LogP contribution >= 0.6 is 0 Å². The van der Waals surface area contributed by atoms with E-state index in [0.29, 0.717) is 6.54 Å². The fourth-order valence-electron chi connectivity index (χ4n) is 5.19. The second-order valence-corrected chi connectivity index (χ2v) is 12.8. The third-order valence-corrected chi connectivity index (χ3v) is 7.57. The summed E-state index contributed by atoms with van der Waals surface area (Å²) in [4.78, 5) is 43.4. The number of ether oxygens (including phenoxy) is 1. The van der Waals surface area contributed by atoms with Gasteiger partial charge in [-0.3, -0.25) is 9.59 Å². The maximum Gasteiger partial charge on any atom is 0.408 e. The van der Waals surface area contributed by atoms with Crippen LogP contribution in [-0.4, -0.2) is 47.0 Å². The Kier molecular flexibility index (Phi) is 14.7. The van der Waals surface area contributed by atoms with Crippen molar-refractivity contribution in [2.24, 2.45) is 0 Å². The zero-order chi connectivity index (χ0) is 32.0. The summed E-state index contributed by atoms with van der Waals surface area (Å²) < 4.78 is 5.56. The molecule has 0 fully saturated rings. The van der Waals surface area contributed by atoms with Crippen LogP contribution in [0.2, 0.25) is 0 Å². The lowest BCUT2D eigenvalue weighted by Crippen LogP contribution is -2.54. The molecule has 0 saturated heterocycles. The third kappa shape index (κ3) is 12.4. The molecule has 0 aliphatic carbocycles. The summed E-state index contributed by atoms with van der Waals surface area (Å²) in [6.45, 7) is 16.1. The van der Waals surface area contributed by atoms with E-state index in [1.807, 2.05) is 69.3 Å². The van der Waals surface area contributed by atoms with Gasteiger partial charge in [-0.25, -0.2) is 4.79 Å². The molecule has 2 aromatic carbocycles. The van der Waals surface area contributed by atoms with Crippen molar-refractivity contribution in [1.29, 1.82) is 0 Å². The van der Waals surface area contributed by atoms with Gasteiger partial charge in [0.25, 0.3) is 0 Å². The van der Waals surface area contributed by atoms with E-state index in [9.17, 15) is 14.4 Å². The lowest BCUT2D eigenvalue weighted by atomic mass is 9.96. The molecule has 7 heteroatoms. The summed E-state index contributed by atoms with van der Waals surface area (Å²) in [5, 5.41) is 6.03. The molecule has 0 radical (unpaired) electrons. The number of rotatable bonds is 16. The molecule has 3 unspecified atom stereocenters. The van der Waals surface area contributed by atoms with Crippen LogP contribution < -0.4 is 10.6 Å². The second-order valence-electron chi connectivity index (χ2n) is 12.8. The van der Waals surface area contributed by atoms with Gasteiger partial charge < -0.3 is 20.3 Å². The average molecular weight is 594 g/mol. The highest BCUT2D eigenvalue weighted by Gasteiger charge is 2.36. The molecule has 2 aromatic rings. The number of hydrogen-bond acceptors (Lipinski definition) is 4. The van der Waals surface area contributed by atoms with E-state index in [-0.39, 0.29) is 24.3 Å². The van der Waals surface area contributed by atoms with E-state index in [1.165, 1.54) is 0 Å². The normalized spacial score (nSPS) is 13.5. The Hall–Kier alpha value is -3.35. The number of alkyl carbamates (subject to hydrolysis) is 1. The predicted molar refractivity (Wildman–Crippen MR) is 175 cm³/mol. The van der Waals surface area contributed by atoms with Crippen LogP contribution in [0.1, 0.15) is 115 Å². The van der Waals surface area contributed by atoms with Gasteiger partial charge in [-0.2, -0.15) is 0 Å². The van der Waals surface area contributed by atoms with E-state index >= 15 is 0 Å². The highest BCUT2D eigenvalue weighted by atomic mass is 16.6. The molecule has 0 aromatic heterocycles. The molecule has 0 aliphatic heterocycles. The first kappa shape index (κ1) is 35.8. The van der Waals surface area contributed by atoms with Gasteiger partial charge in [0, 0.05) is 19.0 Å². The van der Waals surface area contributed by atoms with Crippen LogP contribution in [0.15, 0.2) is 48.5 Å². The topological polar surface area (TPSA) is 87.7 Å². The molecule has 3 amide bonds. The Morgan fingerprint density at radius 1 is 0.860 bits per heavy atom. The quantitative estimate of drug-likeness (QED) is 0.196. The van der Waals surface area contributed by atoms with Gasteiger partial charge in [-0.05, 0) is 76.6 Å². The molecular formula is C36H55N3O4. The third-order valence-electron chi connectivity index (χ3n) is 7.57. The van der Waals surface area contributed by atoms with Crippen LogP contribution in [0.4, 0.5) is 4.79 Å². The number of aryl methyl sites for hydroxylation is 2. The summed E-state index contributed by atoms with van der Waals surface area (Å²) in [7, 11) is 0. The molecule has 238 valence electrons. The van der Waals surface area contributed by atoms with Gasteiger partial charge in [0.05, 0.1) is 0 Å². The smallest absolute Gasteiger partial charge is 0.408 e. The number of nitrogens with one attached hydrogen (secondary N) is 2. The predicted octanol–water partition coefficient (Wildman–Crippen LogP) is 7.58. The van der Waals surface area contributed by atoms with Gasteiger partial charge in [0.1, 0.15) is 17.7 Å². The van der Waals surface area contributed by atoms with E-state index in [0.717, 1.165) is 67.2 Å². The van der Waals surface area contributed by atoms with Crippen molar-refractivity contribution >= 4 is 17.9 Å². The van der Waals surface area contributed by atoms with E-state index in [2.05, 4.69) is 24.5 Å². The van der Waals surface area contributed by atoms with E-state index < -0.39 is 23.8 Å². The number of benzene rings is 2. The zero-order valence-corrected chi connectivity index (χ0v) is 27.8. The fourth-order valence-corrected chi connectivity index (χ4v) is 5.19. The van der Waals surface area contributed by atoms with Crippen LogP contribution in [0, 0.1) is 13.8 Å². The highest BCUT2D eigenvalue weighted by molar-refractivity contribution is 5.92. The van der Waals surface area contributed by atoms with Gasteiger partial charge in [-0.1, -0.05) is 94.5 Å². The van der Waals surface area contributed by atoms with Crippen molar-refractivity contribution in [2.75, 3.05) is 6.54 Å². The highest BCUT2D eigenvalue weighted by Crippen LogP contribution is 2.27. The van der Waals surface area contributed by atoms with E-state index in [1.54, 1.807) is 25.7 Å². The lowest BCUT2D eigenvalue weighted by molar-refractivity contribution is -0.142. The SMILES string of the molecule is CCCCCCCN(C(=O)C(Cc1ccccc1)NC(=O)OC(C)(C)C)C(C(=O)NC(C)CCC)c1ccc(C)c(C)c1. The molecule has 0 spiro atoms. The van der Waals surface area contributed by atoms with Gasteiger partial charge >= 0.3 is 6.09 Å². The molecule has 2 N–H and O–H groups in total. The second kappa shape index (κ2) is 17.7. The van der Waals surface area contributed by atoms with Crippen molar-refractivity contribution in [3.05, 3.63) is 70.8 Å². The molecule has 0 bridgehead atoms. The number of hydrogen-bond donors (Lipinski definition) is 2. The first-order valence-corrected chi connectivity index (χ1v) is 16.1. The summed E-state index contributed by atoms with van der Waals surface area (Å²) in [6, 6.07) is 13.8. The molecule has 0 saturated carbocycles. The maximum absolute atomic E-state index is 14.6. The number of carbonyl (C=O) groups excluding carboxylic acids is 3. The Balaban J connectivity index is 2.58. The van der Waals surface area contributed by atoms with Gasteiger partial charge in [-0.15, -0.1) is 0 Å². The molecule has 0 heterocycles. The minimum atomic E-state index is -0.914. The molecule has 43 heavy (non-hydrogen) atoms. The van der Waals surface area contributed by atoms with Gasteiger partial charge in [0.2, 0.25) is 11.8 Å². The minimum absolute atomic E-state index is 0.0342. The zero-order valence-electron chi connectivity index (χ0n) is 27.8. The number of carbonyl (C=O) groups is 3. The van der Waals surface area contributed by atoms with Crippen LogP contribution in [-0.2, 0) is 20.7 Å². The Labute approximate surface area is 260 Å². The van der Waals surface area contributed by atoms with Crippen LogP contribution in [0.25, 0.3) is 0 Å². The Morgan fingerprint density at radius 3 is 2.14 bits per heavy atom. The first-order chi connectivity index (χ1) is 20.4. The molecular weight excluding hydrogens is 538 g/mol. The van der Waals surface area contributed by atoms with Crippen molar-refractivity contribution < 1.29 is 19.1 Å². The molecule has 2 rings (SSSR count). The lowest BCUT2D eigenvalue weighted by Gasteiger charge is -2.35. The van der Waals surface area contributed by atoms with Crippen molar-refractivity contribution in [2.45, 2.75) is 130 Å².